The van der Waals surface area contributed by atoms with Crippen molar-refractivity contribution in [3.8, 4) is 11.1 Å². The van der Waals surface area contributed by atoms with Gasteiger partial charge in [0, 0.05) is 18.5 Å². The lowest BCUT2D eigenvalue weighted by Gasteiger charge is -2.20. The van der Waals surface area contributed by atoms with Gasteiger partial charge < -0.3 is 15.8 Å². The Labute approximate surface area is 218 Å². The highest BCUT2D eigenvalue weighted by atomic mass is 32.2. The summed E-state index contributed by atoms with van der Waals surface area (Å²) in [4.78, 5) is 29.7. The number of nitrogens with one attached hydrogen (secondary N) is 2. The lowest BCUT2D eigenvalue weighted by atomic mass is 9.89. The predicted octanol–water partition coefficient (Wildman–Crippen LogP) is 4.58. The van der Waals surface area contributed by atoms with Crippen molar-refractivity contribution >= 4 is 29.5 Å². The third kappa shape index (κ3) is 7.83. The summed E-state index contributed by atoms with van der Waals surface area (Å²) in [7, 11) is 0. The molecule has 3 rings (SSSR count). The number of benzene rings is 2. The Morgan fingerprint density at radius 3 is 2.56 bits per heavy atom. The van der Waals surface area contributed by atoms with Crippen LogP contribution in [0.15, 0.2) is 47.5 Å². The number of nitrogens with two attached hydrogens (primary N) is 1. The van der Waals surface area contributed by atoms with Crippen LogP contribution in [-0.2, 0) is 11.2 Å². The van der Waals surface area contributed by atoms with Gasteiger partial charge in [0.1, 0.15) is 11.9 Å². The van der Waals surface area contributed by atoms with Crippen LogP contribution in [-0.4, -0.2) is 47.4 Å². The van der Waals surface area contributed by atoms with Crippen molar-refractivity contribution in [1.29, 1.82) is 0 Å². The lowest BCUT2D eigenvalue weighted by Crippen LogP contribution is -2.41. The average molecular weight is 511 g/mol. The second-order valence-corrected chi connectivity index (χ2v) is 10.4. The second-order valence-electron chi connectivity index (χ2n) is 9.45. The third-order valence-electron chi connectivity index (χ3n) is 6.78. The molecule has 1 aliphatic rings. The normalized spacial score (nSPS) is 15.4. The van der Waals surface area contributed by atoms with Gasteiger partial charge in [-0.15, -0.1) is 0 Å². The largest absolute Gasteiger partial charge is 0.480 e. The van der Waals surface area contributed by atoms with Crippen LogP contribution in [0.5, 0.6) is 0 Å². The topological polar surface area (TPSA) is 117 Å². The highest BCUT2D eigenvalue weighted by Crippen LogP contribution is 2.29. The molecule has 0 heterocycles. The molecule has 36 heavy (non-hydrogen) atoms. The number of thioether (sulfide) groups is 1. The Hall–Kier alpha value is -2.84. The fourth-order valence-corrected chi connectivity index (χ4v) is 5.15. The molecule has 5 N–H and O–H groups in total. The molecule has 8 heteroatoms. The van der Waals surface area contributed by atoms with Gasteiger partial charge in [-0.1, -0.05) is 49.6 Å². The van der Waals surface area contributed by atoms with Crippen LogP contribution in [0.2, 0.25) is 0 Å². The molecule has 1 aliphatic carbocycles. The average Bonchev–Trinajstić information content (AvgIpc) is 2.89. The van der Waals surface area contributed by atoms with E-state index < -0.39 is 17.9 Å². The fourth-order valence-electron chi connectivity index (χ4n) is 4.68. The van der Waals surface area contributed by atoms with E-state index in [-0.39, 0.29) is 0 Å². The van der Waals surface area contributed by atoms with E-state index in [0.29, 0.717) is 30.1 Å². The molecule has 1 fully saturated rings. The molecule has 7 nitrogen and oxygen atoms in total. The van der Waals surface area contributed by atoms with E-state index in [0.717, 1.165) is 34.6 Å². The van der Waals surface area contributed by atoms with E-state index in [1.807, 2.05) is 49.6 Å². The van der Waals surface area contributed by atoms with Crippen molar-refractivity contribution in [3.05, 3.63) is 59.2 Å². The van der Waals surface area contributed by atoms with Crippen molar-refractivity contribution in [3.63, 3.8) is 0 Å². The molecule has 2 aromatic carbocycles. The summed E-state index contributed by atoms with van der Waals surface area (Å²) in [6.07, 6.45) is 9.10. The summed E-state index contributed by atoms with van der Waals surface area (Å²) in [6, 6.07) is 12.6. The summed E-state index contributed by atoms with van der Waals surface area (Å²) < 4.78 is 0. The minimum atomic E-state index is -1.03. The van der Waals surface area contributed by atoms with Crippen LogP contribution in [0.25, 0.3) is 11.1 Å². The molecular weight excluding hydrogens is 472 g/mol. The van der Waals surface area contributed by atoms with Crippen LogP contribution in [0.1, 0.15) is 60.0 Å². The van der Waals surface area contributed by atoms with Gasteiger partial charge in [-0.2, -0.15) is 11.8 Å². The quantitative estimate of drug-likeness (QED) is 0.152. The van der Waals surface area contributed by atoms with Crippen LogP contribution in [0.3, 0.4) is 0 Å². The van der Waals surface area contributed by atoms with E-state index in [1.165, 1.54) is 32.1 Å². The number of aliphatic carboxylic acids is 1. The van der Waals surface area contributed by atoms with E-state index in [2.05, 4.69) is 10.7 Å². The SMILES string of the molecule is CSCCC(NC(=O)c1ccc(CC(=NCC2CCCCC2)NN)cc1-c1ccccc1C)C(=O)O. The first-order chi connectivity index (χ1) is 17.4. The maximum Gasteiger partial charge on any atom is 0.326 e. The molecule has 0 bridgehead atoms. The van der Waals surface area contributed by atoms with Gasteiger partial charge in [0.2, 0.25) is 0 Å². The molecule has 0 radical (unpaired) electrons. The molecule has 1 unspecified atom stereocenters. The Kier molecular flexibility index (Phi) is 10.8. The van der Waals surface area contributed by atoms with Gasteiger partial charge in [-0.25, -0.2) is 10.6 Å². The smallest absolute Gasteiger partial charge is 0.326 e. The number of nitrogens with zero attached hydrogens (tertiary/aromatic N) is 1. The number of aryl methyl sites for hydroxylation is 1. The molecule has 0 saturated heterocycles. The highest BCUT2D eigenvalue weighted by Gasteiger charge is 2.23. The molecule has 0 spiro atoms. The van der Waals surface area contributed by atoms with E-state index >= 15 is 0 Å². The zero-order valence-electron chi connectivity index (χ0n) is 21.3. The predicted molar refractivity (Wildman–Crippen MR) is 148 cm³/mol. The van der Waals surface area contributed by atoms with Crippen molar-refractivity contribution in [2.45, 2.75) is 57.9 Å². The van der Waals surface area contributed by atoms with Crippen molar-refractivity contribution in [1.82, 2.24) is 10.7 Å². The molecule has 1 amide bonds. The zero-order valence-corrected chi connectivity index (χ0v) is 22.1. The van der Waals surface area contributed by atoms with Crippen LogP contribution >= 0.6 is 11.8 Å². The number of amides is 1. The maximum absolute atomic E-state index is 13.3. The fraction of sp³-hybridized carbons (Fsp3) is 0.464. The van der Waals surface area contributed by atoms with E-state index in [9.17, 15) is 14.7 Å². The number of carboxylic acids is 1. The van der Waals surface area contributed by atoms with Gasteiger partial charge in [0.25, 0.3) is 5.91 Å². The monoisotopic (exact) mass is 510 g/mol. The van der Waals surface area contributed by atoms with E-state index in [1.54, 1.807) is 17.8 Å². The minimum Gasteiger partial charge on any atom is -0.480 e. The summed E-state index contributed by atoms with van der Waals surface area (Å²) in [5, 5.41) is 12.3. The van der Waals surface area contributed by atoms with Gasteiger partial charge in [-0.05, 0) is 78.5 Å². The Morgan fingerprint density at radius 1 is 1.14 bits per heavy atom. The summed E-state index contributed by atoms with van der Waals surface area (Å²) in [5.74, 6) is 6.37. The number of carboxylic acid groups (broad SMARTS) is 1. The van der Waals surface area contributed by atoms with Gasteiger partial charge >= 0.3 is 5.97 Å². The third-order valence-corrected chi connectivity index (χ3v) is 7.43. The first-order valence-electron chi connectivity index (χ1n) is 12.6. The number of carbonyl (C=O) groups excluding carboxylic acids is 1. The van der Waals surface area contributed by atoms with Crippen LogP contribution in [0, 0.1) is 12.8 Å². The molecule has 2 aromatic rings. The molecule has 1 saturated carbocycles. The minimum absolute atomic E-state index is 0.364. The van der Waals surface area contributed by atoms with Crippen molar-refractivity contribution in [2.75, 3.05) is 18.6 Å². The van der Waals surface area contributed by atoms with Crippen LogP contribution in [0.4, 0.5) is 0 Å². The first-order valence-corrected chi connectivity index (χ1v) is 14.0. The Morgan fingerprint density at radius 2 is 1.89 bits per heavy atom. The number of aliphatic imine (C=N–C) groups is 1. The Balaban J connectivity index is 1.88. The molecular formula is C28H38N4O3S. The molecule has 194 valence electrons. The van der Waals surface area contributed by atoms with Crippen LogP contribution < -0.4 is 16.6 Å². The maximum atomic E-state index is 13.3. The number of carbonyl (C=O) groups is 2. The summed E-state index contributed by atoms with van der Waals surface area (Å²) >= 11 is 1.55. The standard InChI is InChI=1S/C28H38N4O3S/c1-19-8-6-7-11-22(19)24-16-21(17-26(32-29)30-18-20-9-4-3-5-10-20)12-13-23(24)27(33)31-25(28(34)35)14-15-36-2/h6-8,11-13,16,20,25H,3-5,9-10,14-15,17-18,29H2,1-2H3,(H,30,32)(H,31,33)(H,34,35). The van der Waals surface area contributed by atoms with E-state index in [4.69, 9.17) is 10.8 Å². The molecule has 0 aromatic heterocycles. The van der Waals surface area contributed by atoms with Crippen molar-refractivity contribution < 1.29 is 14.7 Å². The van der Waals surface area contributed by atoms with Gasteiger partial charge in [-0.3, -0.25) is 9.79 Å². The van der Waals surface area contributed by atoms with Crippen molar-refractivity contribution in [2.24, 2.45) is 16.8 Å². The molecule has 0 aliphatic heterocycles. The summed E-state index contributed by atoms with van der Waals surface area (Å²) in [6.45, 7) is 2.78. The van der Waals surface area contributed by atoms with Gasteiger partial charge in [0.15, 0.2) is 0 Å². The number of hydrazine groups is 1. The Bertz CT molecular complexity index is 1070. The van der Waals surface area contributed by atoms with Gasteiger partial charge in [0.05, 0.1) is 0 Å². The number of hydrogen-bond donors (Lipinski definition) is 4. The first kappa shape index (κ1) is 27.7. The second kappa shape index (κ2) is 14.0. The number of hydrogen-bond acceptors (Lipinski definition) is 5. The number of amidine groups is 1. The molecule has 1 atom stereocenters. The number of rotatable bonds is 11. The highest BCUT2D eigenvalue weighted by molar-refractivity contribution is 7.98. The zero-order chi connectivity index (χ0) is 25.9. The lowest BCUT2D eigenvalue weighted by molar-refractivity contribution is -0.139. The summed E-state index contributed by atoms with van der Waals surface area (Å²) in [5.41, 5.74) is 6.91.